The Morgan fingerprint density at radius 1 is 0.558 bits per heavy atom. The average Bonchev–Trinajstić information content (AvgIpc) is 3.27. The monoisotopic (exact) mass is 604 g/mol. The first-order valence-corrected chi connectivity index (χ1v) is 14.3. The molecule has 43 heavy (non-hydrogen) atoms. The molecule has 12 nitrogen and oxygen atoms in total. The van der Waals surface area contributed by atoms with E-state index in [1.807, 2.05) is 0 Å². The van der Waals surface area contributed by atoms with Gasteiger partial charge in [-0.25, -0.2) is 9.59 Å². The van der Waals surface area contributed by atoms with Crippen LogP contribution in [0, 0.1) is 0 Å². The van der Waals surface area contributed by atoms with Gasteiger partial charge in [0, 0.05) is 26.2 Å². The van der Waals surface area contributed by atoms with Crippen LogP contribution in [-0.4, -0.2) is 117 Å². The third-order valence-electron chi connectivity index (χ3n) is 7.23. The lowest BCUT2D eigenvalue weighted by Gasteiger charge is -2.22. The van der Waals surface area contributed by atoms with Crippen LogP contribution in [-0.2, 0) is 9.47 Å². The number of carbonyl (C=O) groups is 2. The van der Waals surface area contributed by atoms with Gasteiger partial charge in [0.25, 0.3) is 0 Å². The Morgan fingerprint density at radius 3 is 1.30 bits per heavy atom. The van der Waals surface area contributed by atoms with Gasteiger partial charge in [-0.1, -0.05) is 0 Å². The van der Waals surface area contributed by atoms with Crippen molar-refractivity contribution in [1.82, 2.24) is 9.80 Å². The number of methoxy groups -OCH3 is 6. The second kappa shape index (κ2) is 17.3. The van der Waals surface area contributed by atoms with Crippen LogP contribution >= 0.6 is 0 Å². The third-order valence-corrected chi connectivity index (χ3v) is 7.23. The van der Waals surface area contributed by atoms with Crippen LogP contribution in [0.4, 0.5) is 0 Å². The molecule has 1 heterocycles. The Hall–Kier alpha value is -3.90. The number of ether oxygens (including phenoxy) is 8. The van der Waals surface area contributed by atoms with Gasteiger partial charge in [-0.3, -0.25) is 0 Å². The van der Waals surface area contributed by atoms with Gasteiger partial charge in [-0.15, -0.1) is 0 Å². The Morgan fingerprint density at radius 2 is 0.953 bits per heavy atom. The van der Waals surface area contributed by atoms with Gasteiger partial charge < -0.3 is 47.7 Å². The zero-order valence-electron chi connectivity index (χ0n) is 26.1. The van der Waals surface area contributed by atoms with Crippen LogP contribution in [0.3, 0.4) is 0 Å². The van der Waals surface area contributed by atoms with Gasteiger partial charge in [0.15, 0.2) is 23.0 Å². The SMILES string of the molecule is COc1ccc(C(=O)OCCCN2CCCN(CCCOC(=O)c3ccc(OC)c(OC)c3OC)CC2)c(OC)c1OC. The molecule has 0 radical (unpaired) electrons. The van der Waals surface area contributed by atoms with E-state index in [9.17, 15) is 9.59 Å². The first kappa shape index (κ1) is 33.6. The van der Waals surface area contributed by atoms with Crippen molar-refractivity contribution in [3.63, 3.8) is 0 Å². The van der Waals surface area contributed by atoms with Crippen molar-refractivity contribution in [2.24, 2.45) is 0 Å². The van der Waals surface area contributed by atoms with Crippen molar-refractivity contribution in [3.05, 3.63) is 35.4 Å². The van der Waals surface area contributed by atoms with Gasteiger partial charge in [-0.2, -0.15) is 0 Å². The fraction of sp³-hybridized carbons (Fsp3) is 0.548. The summed E-state index contributed by atoms with van der Waals surface area (Å²) >= 11 is 0. The number of hydrogen-bond donors (Lipinski definition) is 0. The van der Waals surface area contributed by atoms with Crippen molar-refractivity contribution < 1.29 is 47.5 Å². The fourth-order valence-electron chi connectivity index (χ4n) is 5.06. The number of nitrogens with zero attached hydrogens (tertiary/aromatic N) is 2. The molecule has 0 amide bonds. The maximum absolute atomic E-state index is 12.7. The normalized spacial score (nSPS) is 13.9. The lowest BCUT2D eigenvalue weighted by atomic mass is 10.1. The molecule has 0 aliphatic carbocycles. The minimum atomic E-state index is -0.467. The average molecular weight is 605 g/mol. The highest BCUT2D eigenvalue weighted by Gasteiger charge is 2.23. The minimum Gasteiger partial charge on any atom is -0.493 e. The van der Waals surface area contributed by atoms with E-state index < -0.39 is 11.9 Å². The molecule has 1 fully saturated rings. The topological polar surface area (TPSA) is 114 Å². The Kier molecular flexibility index (Phi) is 13.5. The molecule has 1 aliphatic rings. The van der Waals surface area contributed by atoms with Gasteiger partial charge in [0.1, 0.15) is 11.1 Å². The van der Waals surface area contributed by atoms with Gasteiger partial charge in [0.2, 0.25) is 11.5 Å². The highest BCUT2D eigenvalue weighted by atomic mass is 16.6. The number of esters is 2. The molecule has 0 aromatic heterocycles. The summed E-state index contributed by atoms with van der Waals surface area (Å²) < 4.78 is 43.1. The standard InChI is InChI=1S/C31H44N2O10/c1-36-24-12-10-22(26(38-3)28(24)40-5)30(34)42-20-8-16-32-14-7-15-33(19-18-32)17-9-21-43-31(35)23-11-13-25(37-2)29(41-6)27(23)39-4/h10-13H,7-9,14-21H2,1-6H3. The summed E-state index contributed by atoms with van der Waals surface area (Å²) in [7, 11) is 8.98. The van der Waals surface area contributed by atoms with Crippen LogP contribution in [0.25, 0.3) is 0 Å². The van der Waals surface area contributed by atoms with Crippen LogP contribution < -0.4 is 28.4 Å². The van der Waals surface area contributed by atoms with E-state index in [0.717, 1.165) is 58.5 Å². The summed E-state index contributed by atoms with van der Waals surface area (Å²) in [4.78, 5) is 30.2. The molecule has 0 spiro atoms. The maximum Gasteiger partial charge on any atom is 0.342 e. The molecule has 0 N–H and O–H groups in total. The zero-order valence-corrected chi connectivity index (χ0v) is 26.1. The molecule has 0 unspecified atom stereocenters. The largest absolute Gasteiger partial charge is 0.493 e. The van der Waals surface area contributed by atoms with E-state index in [4.69, 9.17) is 37.9 Å². The number of benzene rings is 2. The quantitative estimate of drug-likeness (QED) is 0.206. The van der Waals surface area contributed by atoms with Crippen LogP contribution in [0.15, 0.2) is 24.3 Å². The predicted octanol–water partition coefficient (Wildman–Crippen LogP) is 3.54. The summed E-state index contributed by atoms with van der Waals surface area (Å²) in [6.45, 7) is 6.04. The van der Waals surface area contributed by atoms with Crippen molar-refractivity contribution in [3.8, 4) is 34.5 Å². The smallest absolute Gasteiger partial charge is 0.342 e. The molecular formula is C31H44N2O10. The first-order valence-electron chi connectivity index (χ1n) is 14.3. The molecule has 1 aliphatic heterocycles. The Balaban J connectivity index is 1.38. The molecule has 238 valence electrons. The fourth-order valence-corrected chi connectivity index (χ4v) is 5.06. The Bertz CT molecular complexity index is 1110. The molecule has 0 atom stereocenters. The third kappa shape index (κ3) is 8.80. The minimum absolute atomic E-state index is 0.287. The summed E-state index contributed by atoms with van der Waals surface area (Å²) in [5.41, 5.74) is 0.582. The van der Waals surface area contributed by atoms with Crippen molar-refractivity contribution >= 4 is 11.9 Å². The molecule has 2 aromatic carbocycles. The summed E-state index contributed by atoms with van der Waals surface area (Å²) in [5, 5.41) is 0. The zero-order chi connectivity index (χ0) is 31.2. The molecule has 2 aromatic rings. The number of rotatable bonds is 16. The number of carbonyl (C=O) groups excluding carboxylic acids is 2. The number of hydrogen-bond acceptors (Lipinski definition) is 12. The van der Waals surface area contributed by atoms with E-state index in [2.05, 4.69) is 9.80 Å². The predicted molar refractivity (Wildman–Crippen MR) is 159 cm³/mol. The van der Waals surface area contributed by atoms with Crippen LogP contribution in [0.1, 0.15) is 40.0 Å². The van der Waals surface area contributed by atoms with Gasteiger partial charge in [-0.05, 0) is 56.6 Å². The molecule has 1 saturated heterocycles. The molecular weight excluding hydrogens is 560 g/mol. The van der Waals surface area contributed by atoms with E-state index in [-0.39, 0.29) is 11.5 Å². The highest BCUT2D eigenvalue weighted by molar-refractivity contribution is 5.95. The first-order chi connectivity index (χ1) is 20.9. The van der Waals surface area contributed by atoms with Crippen molar-refractivity contribution in [2.45, 2.75) is 19.3 Å². The van der Waals surface area contributed by atoms with Gasteiger partial charge in [0.05, 0.1) is 55.9 Å². The van der Waals surface area contributed by atoms with Crippen molar-refractivity contribution in [2.75, 3.05) is 95.1 Å². The lowest BCUT2D eigenvalue weighted by molar-refractivity contribution is 0.0471. The molecule has 0 bridgehead atoms. The summed E-state index contributed by atoms with van der Waals surface area (Å²) in [6.07, 6.45) is 2.47. The molecule has 3 rings (SSSR count). The van der Waals surface area contributed by atoms with Crippen LogP contribution in [0.2, 0.25) is 0 Å². The molecule has 12 heteroatoms. The van der Waals surface area contributed by atoms with Crippen LogP contribution in [0.5, 0.6) is 34.5 Å². The van der Waals surface area contributed by atoms with Gasteiger partial charge >= 0.3 is 11.9 Å². The van der Waals surface area contributed by atoms with E-state index >= 15 is 0 Å². The summed E-state index contributed by atoms with van der Waals surface area (Å²) in [5.74, 6) is 1.29. The lowest BCUT2D eigenvalue weighted by Crippen LogP contribution is -2.32. The second-order valence-electron chi connectivity index (χ2n) is 9.78. The maximum atomic E-state index is 12.7. The highest BCUT2D eigenvalue weighted by Crippen LogP contribution is 2.41. The van der Waals surface area contributed by atoms with E-state index in [1.54, 1.807) is 24.3 Å². The van der Waals surface area contributed by atoms with E-state index in [0.29, 0.717) is 47.3 Å². The van der Waals surface area contributed by atoms with E-state index in [1.165, 1.54) is 42.7 Å². The molecule has 0 saturated carbocycles. The second-order valence-corrected chi connectivity index (χ2v) is 9.78. The summed E-state index contributed by atoms with van der Waals surface area (Å²) in [6, 6.07) is 6.53. The Labute approximate surface area is 253 Å². The van der Waals surface area contributed by atoms with Crippen molar-refractivity contribution in [1.29, 1.82) is 0 Å².